The van der Waals surface area contributed by atoms with E-state index in [0.29, 0.717) is 12.5 Å². The van der Waals surface area contributed by atoms with Crippen LogP contribution in [-0.2, 0) is 6.54 Å². The summed E-state index contributed by atoms with van der Waals surface area (Å²) in [5.74, 6) is 2.77. The number of rotatable bonds is 10. The van der Waals surface area contributed by atoms with E-state index >= 15 is 0 Å². The van der Waals surface area contributed by atoms with Gasteiger partial charge in [-0.25, -0.2) is 0 Å². The van der Waals surface area contributed by atoms with Crippen LogP contribution in [0.3, 0.4) is 0 Å². The molecule has 2 rings (SSSR count). The number of nitrogens with zero attached hydrogens (tertiary/aromatic N) is 3. The summed E-state index contributed by atoms with van der Waals surface area (Å²) < 4.78 is 13.1. The second-order valence-corrected chi connectivity index (χ2v) is 6.54. The number of aliphatic imine (C=N–C) groups is 1. The molecule has 0 spiro atoms. The fourth-order valence-corrected chi connectivity index (χ4v) is 2.56. The molecule has 28 heavy (non-hydrogen) atoms. The van der Waals surface area contributed by atoms with Crippen LogP contribution in [0.15, 0.2) is 47.7 Å². The number of hydrogen-bond acceptors (Lipinski definition) is 4. The Morgan fingerprint density at radius 3 is 2.68 bits per heavy atom. The van der Waals surface area contributed by atoms with Crippen molar-refractivity contribution in [3.8, 4) is 11.5 Å². The predicted octanol–water partition coefficient (Wildman–Crippen LogP) is 3.17. The number of nitrogens with one attached hydrogen (secondary N) is 2. The molecule has 1 aromatic carbocycles. The minimum Gasteiger partial charge on any atom is -0.497 e. The van der Waals surface area contributed by atoms with E-state index in [2.05, 4.69) is 34.6 Å². The number of methoxy groups -OCH3 is 1. The van der Waals surface area contributed by atoms with Crippen LogP contribution in [-0.4, -0.2) is 48.6 Å². The van der Waals surface area contributed by atoms with Crippen molar-refractivity contribution in [3.63, 3.8) is 0 Å². The number of hydrogen-bond donors (Lipinski definition) is 2. The first-order valence-corrected chi connectivity index (χ1v) is 9.41. The summed E-state index contributed by atoms with van der Waals surface area (Å²) >= 11 is 0. The molecule has 0 aliphatic heterocycles. The Labute approximate surface area is 184 Å². The van der Waals surface area contributed by atoms with Crippen molar-refractivity contribution in [1.29, 1.82) is 0 Å². The number of aromatic nitrogens is 2. The van der Waals surface area contributed by atoms with Gasteiger partial charge in [0, 0.05) is 38.1 Å². The Morgan fingerprint density at radius 2 is 2.00 bits per heavy atom. The molecule has 0 aliphatic rings. The van der Waals surface area contributed by atoms with E-state index in [4.69, 9.17) is 9.47 Å². The third-order valence-corrected chi connectivity index (χ3v) is 3.90. The normalized spacial score (nSPS) is 13.2. The zero-order chi connectivity index (χ0) is 19.5. The van der Waals surface area contributed by atoms with Crippen molar-refractivity contribution in [3.05, 3.63) is 42.7 Å². The van der Waals surface area contributed by atoms with Crippen LogP contribution < -0.4 is 20.1 Å². The summed E-state index contributed by atoms with van der Waals surface area (Å²) in [4.78, 5) is 4.68. The monoisotopic (exact) mass is 501 g/mol. The van der Waals surface area contributed by atoms with Gasteiger partial charge in [0.2, 0.25) is 0 Å². The van der Waals surface area contributed by atoms with E-state index in [1.54, 1.807) is 13.3 Å². The Bertz CT molecular complexity index is 694. The van der Waals surface area contributed by atoms with Gasteiger partial charge in [-0.05, 0) is 38.0 Å². The SMILES string of the molecule is CCNC(=NCC(C)Cn1cccn1)NCC(C)Oc1cccc(OC)c1.I. The maximum absolute atomic E-state index is 5.94. The zero-order valence-corrected chi connectivity index (χ0v) is 19.4. The molecule has 8 heteroatoms. The molecule has 0 amide bonds. The molecule has 7 nitrogen and oxygen atoms in total. The van der Waals surface area contributed by atoms with Crippen LogP contribution in [0.1, 0.15) is 20.8 Å². The second kappa shape index (κ2) is 13.2. The Hall–Kier alpha value is -1.97. The molecule has 0 fully saturated rings. The summed E-state index contributed by atoms with van der Waals surface area (Å²) in [5.41, 5.74) is 0. The lowest BCUT2D eigenvalue weighted by Crippen LogP contribution is -2.42. The Balaban J connectivity index is 0.00000392. The van der Waals surface area contributed by atoms with Crippen LogP contribution in [0.5, 0.6) is 11.5 Å². The highest BCUT2D eigenvalue weighted by atomic mass is 127. The van der Waals surface area contributed by atoms with Crippen LogP contribution in [0.2, 0.25) is 0 Å². The van der Waals surface area contributed by atoms with Crippen LogP contribution in [0.4, 0.5) is 0 Å². The highest BCUT2D eigenvalue weighted by Crippen LogP contribution is 2.19. The standard InChI is InChI=1S/C20H31N5O2.HI/c1-5-21-20(22-13-16(2)15-25-11-7-10-24-25)23-14-17(3)27-19-9-6-8-18(12-19)26-4;/h6-12,16-17H,5,13-15H2,1-4H3,(H2,21,22,23);1H. The average molecular weight is 501 g/mol. The number of guanidine groups is 1. The summed E-state index contributed by atoms with van der Waals surface area (Å²) in [5, 5.41) is 10.9. The first kappa shape index (κ1) is 24.1. The van der Waals surface area contributed by atoms with Gasteiger partial charge in [0.15, 0.2) is 5.96 Å². The molecule has 0 saturated heterocycles. The number of benzene rings is 1. The maximum Gasteiger partial charge on any atom is 0.191 e. The van der Waals surface area contributed by atoms with Gasteiger partial charge in [0.1, 0.15) is 17.6 Å². The third kappa shape index (κ3) is 8.81. The van der Waals surface area contributed by atoms with E-state index in [9.17, 15) is 0 Å². The highest BCUT2D eigenvalue weighted by Gasteiger charge is 2.08. The summed E-state index contributed by atoms with van der Waals surface area (Å²) in [6.45, 7) is 9.28. The van der Waals surface area contributed by atoms with E-state index in [-0.39, 0.29) is 30.1 Å². The molecule has 2 unspecified atom stereocenters. The van der Waals surface area contributed by atoms with Crippen molar-refractivity contribution in [2.24, 2.45) is 10.9 Å². The summed E-state index contributed by atoms with van der Waals surface area (Å²) in [6, 6.07) is 9.56. The van der Waals surface area contributed by atoms with Crippen molar-refractivity contribution in [2.75, 3.05) is 26.7 Å². The van der Waals surface area contributed by atoms with Gasteiger partial charge >= 0.3 is 0 Å². The molecule has 2 aromatic rings. The van der Waals surface area contributed by atoms with E-state index in [1.807, 2.05) is 48.1 Å². The number of ether oxygens (including phenoxy) is 2. The van der Waals surface area contributed by atoms with Gasteiger partial charge in [-0.15, -0.1) is 24.0 Å². The molecule has 1 heterocycles. The first-order chi connectivity index (χ1) is 13.1. The fraction of sp³-hybridized carbons (Fsp3) is 0.500. The summed E-state index contributed by atoms with van der Waals surface area (Å²) in [6.07, 6.45) is 3.76. The lowest BCUT2D eigenvalue weighted by atomic mass is 10.2. The maximum atomic E-state index is 5.94. The first-order valence-electron chi connectivity index (χ1n) is 9.41. The molecule has 0 radical (unpaired) electrons. The van der Waals surface area contributed by atoms with Crippen molar-refractivity contribution < 1.29 is 9.47 Å². The Kier molecular flexibility index (Phi) is 11.4. The average Bonchev–Trinajstić information content (AvgIpc) is 3.17. The largest absolute Gasteiger partial charge is 0.497 e. The van der Waals surface area contributed by atoms with Gasteiger partial charge in [-0.2, -0.15) is 5.10 Å². The van der Waals surface area contributed by atoms with Crippen molar-refractivity contribution in [2.45, 2.75) is 33.4 Å². The third-order valence-electron chi connectivity index (χ3n) is 3.90. The molecule has 2 N–H and O–H groups in total. The van der Waals surface area contributed by atoms with Gasteiger partial charge in [0.25, 0.3) is 0 Å². The molecule has 0 aliphatic carbocycles. The lowest BCUT2D eigenvalue weighted by molar-refractivity contribution is 0.223. The lowest BCUT2D eigenvalue weighted by Gasteiger charge is -2.18. The van der Waals surface area contributed by atoms with Gasteiger partial charge in [-0.3, -0.25) is 9.67 Å². The molecule has 2 atom stereocenters. The quantitative estimate of drug-likeness (QED) is 0.297. The zero-order valence-electron chi connectivity index (χ0n) is 17.1. The topological polar surface area (TPSA) is 72.7 Å². The fourth-order valence-electron chi connectivity index (χ4n) is 2.56. The van der Waals surface area contributed by atoms with E-state index in [1.165, 1.54) is 0 Å². The smallest absolute Gasteiger partial charge is 0.191 e. The van der Waals surface area contributed by atoms with E-state index in [0.717, 1.165) is 37.1 Å². The van der Waals surface area contributed by atoms with Crippen molar-refractivity contribution in [1.82, 2.24) is 20.4 Å². The van der Waals surface area contributed by atoms with Gasteiger partial charge in [-0.1, -0.05) is 13.0 Å². The van der Waals surface area contributed by atoms with E-state index < -0.39 is 0 Å². The number of halogens is 1. The molecule has 0 bridgehead atoms. The highest BCUT2D eigenvalue weighted by molar-refractivity contribution is 14.0. The summed E-state index contributed by atoms with van der Waals surface area (Å²) in [7, 11) is 1.65. The van der Waals surface area contributed by atoms with Crippen LogP contribution in [0.25, 0.3) is 0 Å². The molecule has 156 valence electrons. The van der Waals surface area contributed by atoms with Gasteiger partial charge in [0.05, 0.1) is 13.7 Å². The second-order valence-electron chi connectivity index (χ2n) is 6.54. The Morgan fingerprint density at radius 1 is 1.21 bits per heavy atom. The van der Waals surface area contributed by atoms with Crippen LogP contribution in [0, 0.1) is 5.92 Å². The minimum atomic E-state index is -0.0116. The minimum absolute atomic E-state index is 0. The van der Waals surface area contributed by atoms with Crippen molar-refractivity contribution >= 4 is 29.9 Å². The van der Waals surface area contributed by atoms with Crippen LogP contribution >= 0.6 is 24.0 Å². The van der Waals surface area contributed by atoms with Gasteiger partial charge < -0.3 is 20.1 Å². The molecular weight excluding hydrogens is 469 g/mol. The molecule has 1 aromatic heterocycles. The molecule has 0 saturated carbocycles. The molecular formula is C20H32IN5O2. The predicted molar refractivity (Wildman–Crippen MR) is 124 cm³/mol.